The summed E-state index contributed by atoms with van der Waals surface area (Å²) in [6, 6.07) is 15.1. The number of aryl methyl sites for hydroxylation is 1. The van der Waals surface area contributed by atoms with Gasteiger partial charge in [-0.25, -0.2) is 4.98 Å². The number of nitrogens with one attached hydrogen (secondary N) is 2. The van der Waals surface area contributed by atoms with Crippen LogP contribution in [0.25, 0.3) is 0 Å². The maximum Gasteiger partial charge on any atom is 0.229 e. The minimum Gasteiger partial charge on any atom is -0.495 e. The van der Waals surface area contributed by atoms with Crippen LogP contribution in [0.15, 0.2) is 48.5 Å². The lowest BCUT2D eigenvalue weighted by atomic mass is 10.3. The zero-order valence-electron chi connectivity index (χ0n) is 14.7. The van der Waals surface area contributed by atoms with E-state index in [4.69, 9.17) is 21.1 Å². The van der Waals surface area contributed by atoms with Crippen LogP contribution in [0.4, 0.5) is 23.1 Å². The molecule has 0 atom stereocenters. The summed E-state index contributed by atoms with van der Waals surface area (Å²) >= 11 is 6.39. The van der Waals surface area contributed by atoms with Gasteiger partial charge in [-0.3, -0.25) is 0 Å². The second kappa shape index (κ2) is 7.93. The summed E-state index contributed by atoms with van der Waals surface area (Å²) in [6.07, 6.45) is 0. The summed E-state index contributed by atoms with van der Waals surface area (Å²) in [5.41, 5.74) is 2.18. The van der Waals surface area contributed by atoms with E-state index in [9.17, 15) is 0 Å². The Morgan fingerprint density at radius 3 is 1.92 bits per heavy atom. The van der Waals surface area contributed by atoms with Gasteiger partial charge in [-0.05, 0) is 31.2 Å². The first-order valence-corrected chi connectivity index (χ1v) is 8.34. The highest BCUT2D eigenvalue weighted by Crippen LogP contribution is 2.33. The lowest BCUT2D eigenvalue weighted by Gasteiger charge is -2.15. The minimum atomic E-state index is 0.411. The standard InChI is InChI=1S/C19H19ClN4O2/c1-12-17(20)18(22-13-8-4-6-10-15(13)25-2)24-19(21-12)23-14-9-5-7-11-16(14)26-3/h4-11H,1-3H3,(H2,21,22,23,24). The van der Waals surface area contributed by atoms with E-state index in [1.807, 2.05) is 55.5 Å². The highest BCUT2D eigenvalue weighted by molar-refractivity contribution is 6.33. The van der Waals surface area contributed by atoms with Gasteiger partial charge in [-0.15, -0.1) is 0 Å². The van der Waals surface area contributed by atoms with E-state index in [0.717, 1.165) is 11.4 Å². The second-order valence-corrected chi connectivity index (χ2v) is 5.82. The Balaban J connectivity index is 1.94. The van der Waals surface area contributed by atoms with Crippen molar-refractivity contribution in [3.8, 4) is 11.5 Å². The number of anilines is 4. The first-order valence-electron chi connectivity index (χ1n) is 7.96. The van der Waals surface area contributed by atoms with Gasteiger partial charge in [0.05, 0.1) is 31.3 Å². The number of aromatic nitrogens is 2. The van der Waals surface area contributed by atoms with Gasteiger partial charge < -0.3 is 20.1 Å². The molecule has 3 aromatic rings. The molecule has 0 saturated carbocycles. The highest BCUT2D eigenvalue weighted by Gasteiger charge is 2.13. The molecule has 0 unspecified atom stereocenters. The Kier molecular flexibility index (Phi) is 5.43. The van der Waals surface area contributed by atoms with Gasteiger partial charge in [-0.2, -0.15) is 4.98 Å². The predicted molar refractivity (Wildman–Crippen MR) is 104 cm³/mol. The van der Waals surface area contributed by atoms with Crippen LogP contribution in [0.5, 0.6) is 11.5 Å². The number of hydrogen-bond donors (Lipinski definition) is 2. The molecule has 1 heterocycles. The number of halogens is 1. The van der Waals surface area contributed by atoms with Crippen LogP contribution < -0.4 is 20.1 Å². The van der Waals surface area contributed by atoms with Crippen LogP contribution in [0.2, 0.25) is 5.02 Å². The summed E-state index contributed by atoms with van der Waals surface area (Å²) in [5.74, 6) is 2.29. The lowest BCUT2D eigenvalue weighted by Crippen LogP contribution is -2.05. The van der Waals surface area contributed by atoms with Gasteiger partial charge in [0.2, 0.25) is 5.95 Å². The van der Waals surface area contributed by atoms with Crippen LogP contribution in [0.1, 0.15) is 5.69 Å². The number of ether oxygens (including phenoxy) is 2. The van der Waals surface area contributed by atoms with E-state index in [1.54, 1.807) is 14.2 Å². The zero-order valence-corrected chi connectivity index (χ0v) is 15.5. The summed E-state index contributed by atoms with van der Waals surface area (Å²) < 4.78 is 10.7. The molecular weight excluding hydrogens is 352 g/mol. The monoisotopic (exact) mass is 370 g/mol. The highest BCUT2D eigenvalue weighted by atomic mass is 35.5. The number of para-hydroxylation sites is 4. The predicted octanol–water partition coefficient (Wildman–Crippen LogP) is 4.94. The molecule has 0 saturated heterocycles. The fourth-order valence-electron chi connectivity index (χ4n) is 2.44. The van der Waals surface area contributed by atoms with Crippen LogP contribution in [-0.4, -0.2) is 24.2 Å². The molecule has 0 fully saturated rings. The van der Waals surface area contributed by atoms with E-state index in [0.29, 0.717) is 34.0 Å². The molecule has 134 valence electrons. The summed E-state index contributed by atoms with van der Waals surface area (Å²) in [4.78, 5) is 8.91. The normalized spacial score (nSPS) is 10.3. The van der Waals surface area contributed by atoms with Crippen molar-refractivity contribution in [2.75, 3.05) is 24.9 Å². The maximum atomic E-state index is 6.39. The largest absolute Gasteiger partial charge is 0.495 e. The summed E-state index contributed by atoms with van der Waals surface area (Å²) in [5, 5.41) is 6.82. The smallest absolute Gasteiger partial charge is 0.229 e. The fourth-order valence-corrected chi connectivity index (χ4v) is 2.57. The van der Waals surface area contributed by atoms with E-state index < -0.39 is 0 Å². The molecule has 0 aliphatic heterocycles. The van der Waals surface area contributed by atoms with Crippen molar-refractivity contribution in [1.29, 1.82) is 0 Å². The van der Waals surface area contributed by atoms with Gasteiger partial charge in [0.15, 0.2) is 5.82 Å². The fraction of sp³-hybridized carbons (Fsp3) is 0.158. The number of methoxy groups -OCH3 is 2. The first-order chi connectivity index (χ1) is 12.6. The SMILES string of the molecule is COc1ccccc1Nc1nc(C)c(Cl)c(Nc2ccccc2OC)n1. The van der Waals surface area contributed by atoms with Gasteiger partial charge in [0.25, 0.3) is 0 Å². The molecule has 0 radical (unpaired) electrons. The average Bonchev–Trinajstić information content (AvgIpc) is 2.66. The molecule has 0 amide bonds. The topological polar surface area (TPSA) is 68.3 Å². The zero-order chi connectivity index (χ0) is 18.5. The summed E-state index contributed by atoms with van der Waals surface area (Å²) in [7, 11) is 3.23. The van der Waals surface area contributed by atoms with Crippen molar-refractivity contribution in [3.63, 3.8) is 0 Å². The molecule has 2 aromatic carbocycles. The second-order valence-electron chi connectivity index (χ2n) is 5.45. The van der Waals surface area contributed by atoms with Crippen molar-refractivity contribution in [2.24, 2.45) is 0 Å². The van der Waals surface area contributed by atoms with Gasteiger partial charge in [0.1, 0.15) is 16.5 Å². The molecule has 0 aliphatic carbocycles. The average molecular weight is 371 g/mol. The molecule has 0 aliphatic rings. The molecule has 26 heavy (non-hydrogen) atoms. The number of rotatable bonds is 6. The molecule has 0 spiro atoms. The van der Waals surface area contributed by atoms with E-state index in [2.05, 4.69) is 20.6 Å². The minimum absolute atomic E-state index is 0.411. The van der Waals surface area contributed by atoms with Crippen molar-refractivity contribution < 1.29 is 9.47 Å². The van der Waals surface area contributed by atoms with Crippen molar-refractivity contribution in [2.45, 2.75) is 6.92 Å². The Labute approximate surface area is 157 Å². The number of hydrogen-bond acceptors (Lipinski definition) is 6. The molecule has 6 nitrogen and oxygen atoms in total. The molecule has 7 heteroatoms. The Morgan fingerprint density at radius 2 is 1.35 bits per heavy atom. The maximum absolute atomic E-state index is 6.39. The lowest BCUT2D eigenvalue weighted by molar-refractivity contribution is 0.417. The van der Waals surface area contributed by atoms with Crippen molar-refractivity contribution >= 4 is 34.7 Å². The number of nitrogens with zero attached hydrogens (tertiary/aromatic N) is 2. The molecule has 1 aromatic heterocycles. The third-order valence-corrected chi connectivity index (χ3v) is 4.18. The Hall–Kier alpha value is -2.99. The van der Waals surface area contributed by atoms with Crippen molar-refractivity contribution in [3.05, 3.63) is 59.2 Å². The van der Waals surface area contributed by atoms with Gasteiger partial charge >= 0.3 is 0 Å². The van der Waals surface area contributed by atoms with Gasteiger partial charge in [0, 0.05) is 0 Å². The van der Waals surface area contributed by atoms with Gasteiger partial charge in [-0.1, -0.05) is 35.9 Å². The Bertz CT molecular complexity index is 918. The van der Waals surface area contributed by atoms with E-state index in [-0.39, 0.29) is 0 Å². The van der Waals surface area contributed by atoms with Crippen LogP contribution in [0, 0.1) is 6.92 Å². The van der Waals surface area contributed by atoms with E-state index in [1.165, 1.54) is 0 Å². The van der Waals surface area contributed by atoms with E-state index >= 15 is 0 Å². The Morgan fingerprint density at radius 1 is 0.808 bits per heavy atom. The summed E-state index contributed by atoms with van der Waals surface area (Å²) in [6.45, 7) is 1.82. The quantitative estimate of drug-likeness (QED) is 0.640. The van der Waals surface area contributed by atoms with Crippen LogP contribution in [-0.2, 0) is 0 Å². The first kappa shape index (κ1) is 17.8. The van der Waals surface area contributed by atoms with Crippen molar-refractivity contribution in [1.82, 2.24) is 9.97 Å². The molecule has 2 N–H and O–H groups in total. The molecular formula is C19H19ClN4O2. The third kappa shape index (κ3) is 3.81. The molecule has 0 bridgehead atoms. The van der Waals surface area contributed by atoms with Crippen LogP contribution >= 0.6 is 11.6 Å². The van der Waals surface area contributed by atoms with Crippen LogP contribution in [0.3, 0.4) is 0 Å². The number of benzene rings is 2. The third-order valence-electron chi connectivity index (χ3n) is 3.73. The molecule has 3 rings (SSSR count).